The van der Waals surface area contributed by atoms with Crippen molar-refractivity contribution in [3.63, 3.8) is 0 Å². The monoisotopic (exact) mass is 406 g/mol. The minimum absolute atomic E-state index is 0.0176. The molecule has 3 aromatic rings. The van der Waals surface area contributed by atoms with Crippen LogP contribution in [0.4, 0.5) is 5.69 Å². The van der Waals surface area contributed by atoms with Crippen molar-refractivity contribution in [1.82, 2.24) is 15.1 Å². The molecule has 0 spiro atoms. The Morgan fingerprint density at radius 3 is 2.53 bits per heavy atom. The third kappa shape index (κ3) is 4.21. The van der Waals surface area contributed by atoms with E-state index in [0.29, 0.717) is 23.9 Å². The Morgan fingerprint density at radius 2 is 1.87 bits per heavy atom. The number of rotatable bonds is 6. The minimum Gasteiger partial charge on any atom is -0.378 e. The summed E-state index contributed by atoms with van der Waals surface area (Å²) < 4.78 is 5.79. The van der Waals surface area contributed by atoms with Gasteiger partial charge in [-0.05, 0) is 36.6 Å². The maximum Gasteiger partial charge on any atom is 0.275 e. The van der Waals surface area contributed by atoms with Crippen LogP contribution >= 0.6 is 0 Å². The molecule has 0 bridgehead atoms. The summed E-state index contributed by atoms with van der Waals surface area (Å²) in [5.41, 5.74) is 2.09. The van der Waals surface area contributed by atoms with Gasteiger partial charge in [0.1, 0.15) is 0 Å². The number of aromatic amines is 1. The van der Waals surface area contributed by atoms with Crippen LogP contribution in [0.25, 0.3) is 10.8 Å². The van der Waals surface area contributed by atoms with E-state index in [1.165, 1.54) is 0 Å². The molecule has 7 nitrogen and oxygen atoms in total. The van der Waals surface area contributed by atoms with Crippen LogP contribution in [0.2, 0.25) is 0 Å². The van der Waals surface area contributed by atoms with Crippen molar-refractivity contribution >= 4 is 22.4 Å². The van der Waals surface area contributed by atoms with E-state index in [4.69, 9.17) is 4.74 Å². The largest absolute Gasteiger partial charge is 0.378 e. The minimum atomic E-state index is -0.299. The van der Waals surface area contributed by atoms with E-state index in [-0.39, 0.29) is 23.3 Å². The summed E-state index contributed by atoms with van der Waals surface area (Å²) in [6.45, 7) is 1.66. The first-order valence-electron chi connectivity index (χ1n) is 10.2. The molecule has 2 heterocycles. The van der Waals surface area contributed by atoms with E-state index in [2.05, 4.69) is 10.2 Å². The van der Waals surface area contributed by atoms with Gasteiger partial charge in [0.05, 0.1) is 11.5 Å². The number of anilines is 1. The van der Waals surface area contributed by atoms with Gasteiger partial charge in [-0.25, -0.2) is 5.10 Å². The summed E-state index contributed by atoms with van der Waals surface area (Å²) >= 11 is 0. The number of aromatic nitrogens is 2. The van der Waals surface area contributed by atoms with Crippen LogP contribution < -0.4 is 10.5 Å². The Morgan fingerprint density at radius 1 is 1.13 bits per heavy atom. The lowest BCUT2D eigenvalue weighted by atomic mass is 10.1. The molecule has 1 aliphatic rings. The molecule has 0 aliphatic carbocycles. The van der Waals surface area contributed by atoms with Gasteiger partial charge < -0.3 is 14.5 Å². The van der Waals surface area contributed by atoms with Gasteiger partial charge >= 0.3 is 0 Å². The van der Waals surface area contributed by atoms with Crippen molar-refractivity contribution in [1.29, 1.82) is 0 Å². The number of nitrogens with one attached hydrogen (secondary N) is 1. The summed E-state index contributed by atoms with van der Waals surface area (Å²) in [5, 5.41) is 7.59. The Balaban J connectivity index is 1.66. The Kier molecular flexibility index (Phi) is 5.81. The summed E-state index contributed by atoms with van der Waals surface area (Å²) in [4.78, 5) is 29.4. The molecule has 1 aliphatic heterocycles. The van der Waals surface area contributed by atoms with Gasteiger partial charge in [-0.3, -0.25) is 9.59 Å². The molecule has 1 N–H and O–H groups in total. The third-order valence-electron chi connectivity index (χ3n) is 5.46. The highest BCUT2D eigenvalue weighted by Gasteiger charge is 2.26. The molecule has 1 saturated heterocycles. The molecule has 1 amide bonds. The molecule has 156 valence electrons. The van der Waals surface area contributed by atoms with E-state index >= 15 is 0 Å². The number of H-pyrrole nitrogens is 1. The fourth-order valence-corrected chi connectivity index (χ4v) is 3.80. The second-order valence-electron chi connectivity index (χ2n) is 7.83. The van der Waals surface area contributed by atoms with Gasteiger partial charge in [-0.2, -0.15) is 5.10 Å². The van der Waals surface area contributed by atoms with Crippen LogP contribution in [-0.4, -0.2) is 54.4 Å². The number of hydrogen-bond donors (Lipinski definition) is 1. The molecule has 1 aromatic heterocycles. The number of amides is 1. The molecule has 7 heteroatoms. The highest BCUT2D eigenvalue weighted by Crippen LogP contribution is 2.21. The Hall–Kier alpha value is -3.19. The highest BCUT2D eigenvalue weighted by molar-refractivity contribution is 6.04. The number of fused-ring (bicyclic) bond motifs is 1. The fourth-order valence-electron chi connectivity index (χ4n) is 3.80. The molecule has 0 saturated carbocycles. The van der Waals surface area contributed by atoms with Crippen LogP contribution in [-0.2, 0) is 11.3 Å². The zero-order valence-electron chi connectivity index (χ0n) is 17.3. The zero-order valence-corrected chi connectivity index (χ0v) is 17.3. The molecule has 2 aromatic carbocycles. The number of benzene rings is 2. The van der Waals surface area contributed by atoms with Gasteiger partial charge in [0, 0.05) is 44.9 Å². The summed E-state index contributed by atoms with van der Waals surface area (Å²) in [5.74, 6) is -0.213. The molecular weight excluding hydrogens is 380 g/mol. The van der Waals surface area contributed by atoms with Crippen LogP contribution in [0.15, 0.2) is 53.3 Å². The summed E-state index contributed by atoms with van der Waals surface area (Å²) in [6, 6.07) is 15.2. The smallest absolute Gasteiger partial charge is 0.275 e. The number of hydrogen-bond acceptors (Lipinski definition) is 5. The molecular formula is C23H26N4O3. The normalized spacial score (nSPS) is 16.0. The lowest BCUT2D eigenvalue weighted by Gasteiger charge is -2.26. The van der Waals surface area contributed by atoms with Crippen molar-refractivity contribution < 1.29 is 9.53 Å². The van der Waals surface area contributed by atoms with Gasteiger partial charge in [-0.15, -0.1) is 0 Å². The van der Waals surface area contributed by atoms with Crippen molar-refractivity contribution in [2.45, 2.75) is 25.5 Å². The van der Waals surface area contributed by atoms with E-state index in [9.17, 15) is 9.59 Å². The number of carbonyl (C=O) groups is 1. The maximum atomic E-state index is 13.5. The van der Waals surface area contributed by atoms with Crippen molar-refractivity contribution in [2.75, 3.05) is 32.1 Å². The second-order valence-corrected chi connectivity index (χ2v) is 7.83. The van der Waals surface area contributed by atoms with E-state index in [1.807, 2.05) is 49.3 Å². The first-order valence-corrected chi connectivity index (χ1v) is 10.2. The van der Waals surface area contributed by atoms with Gasteiger partial charge in [-0.1, -0.05) is 30.3 Å². The molecule has 4 rings (SSSR count). The Bertz CT molecular complexity index is 1090. The predicted molar refractivity (Wildman–Crippen MR) is 117 cm³/mol. The van der Waals surface area contributed by atoms with E-state index in [1.54, 1.807) is 23.1 Å². The lowest BCUT2D eigenvalue weighted by Crippen LogP contribution is -2.38. The number of carbonyl (C=O) groups excluding carboxylic acids is 1. The Labute approximate surface area is 175 Å². The molecule has 30 heavy (non-hydrogen) atoms. The standard InChI is InChI=1S/C23H26N4O3/c1-26(2)17-11-9-16(10-12-17)14-27(15-18-6-5-13-30-18)23(29)21-19-7-3-4-8-20(19)22(28)25-24-21/h3-4,7-12,18H,5-6,13-15H2,1-2H3,(H,25,28). The SMILES string of the molecule is CN(C)c1ccc(CN(CC2CCCO2)C(=O)c2n[nH]c(=O)c3ccccc23)cc1. The van der Waals surface area contributed by atoms with Crippen molar-refractivity contribution in [2.24, 2.45) is 0 Å². The topological polar surface area (TPSA) is 78.5 Å². The van der Waals surface area contributed by atoms with Gasteiger partial charge in [0.15, 0.2) is 5.69 Å². The maximum absolute atomic E-state index is 13.5. The van der Waals surface area contributed by atoms with E-state index in [0.717, 1.165) is 30.7 Å². The first-order chi connectivity index (χ1) is 14.5. The van der Waals surface area contributed by atoms with Crippen LogP contribution in [0, 0.1) is 0 Å². The van der Waals surface area contributed by atoms with Crippen LogP contribution in [0.5, 0.6) is 0 Å². The molecule has 1 atom stereocenters. The van der Waals surface area contributed by atoms with Crippen LogP contribution in [0.1, 0.15) is 28.9 Å². The number of ether oxygens (including phenoxy) is 1. The molecule has 1 fully saturated rings. The summed E-state index contributed by atoms with van der Waals surface area (Å²) in [7, 11) is 3.99. The van der Waals surface area contributed by atoms with Crippen LogP contribution in [0.3, 0.4) is 0 Å². The fraction of sp³-hybridized carbons (Fsp3) is 0.348. The second kappa shape index (κ2) is 8.67. The van der Waals surface area contributed by atoms with Crippen molar-refractivity contribution in [3.05, 3.63) is 70.1 Å². The van der Waals surface area contributed by atoms with Gasteiger partial charge in [0.2, 0.25) is 0 Å². The predicted octanol–water partition coefficient (Wildman–Crippen LogP) is 2.81. The average molecular weight is 406 g/mol. The molecule has 1 unspecified atom stereocenters. The van der Waals surface area contributed by atoms with Crippen molar-refractivity contribution in [3.8, 4) is 0 Å². The zero-order chi connectivity index (χ0) is 21.1. The quantitative estimate of drug-likeness (QED) is 0.681. The third-order valence-corrected chi connectivity index (χ3v) is 5.46. The highest BCUT2D eigenvalue weighted by atomic mass is 16.5. The average Bonchev–Trinajstić information content (AvgIpc) is 3.27. The molecule has 0 radical (unpaired) electrons. The summed E-state index contributed by atoms with van der Waals surface area (Å²) in [6.07, 6.45) is 1.96. The van der Waals surface area contributed by atoms with E-state index < -0.39 is 0 Å². The number of nitrogens with zero attached hydrogens (tertiary/aromatic N) is 3. The lowest BCUT2D eigenvalue weighted by molar-refractivity contribution is 0.0503. The first kappa shape index (κ1) is 20.1. The van der Waals surface area contributed by atoms with Gasteiger partial charge in [0.25, 0.3) is 11.5 Å².